The normalized spacial score (nSPS) is 10.7. The van der Waals surface area contributed by atoms with Crippen LogP contribution in [0.3, 0.4) is 0 Å². The lowest BCUT2D eigenvalue weighted by atomic mass is 10.0. The summed E-state index contributed by atoms with van der Waals surface area (Å²) in [5, 5.41) is 0.670. The Bertz CT molecular complexity index is 566. The van der Waals surface area contributed by atoms with Gasteiger partial charge in [-0.05, 0) is 41.8 Å². The lowest BCUT2D eigenvalue weighted by molar-refractivity contribution is 0.306. The summed E-state index contributed by atoms with van der Waals surface area (Å²) in [6, 6.07) is 13.5. The van der Waals surface area contributed by atoms with E-state index in [1.807, 2.05) is 18.2 Å². The highest BCUT2D eigenvalue weighted by atomic mass is 35.5. The minimum Gasteiger partial charge on any atom is -0.489 e. The minimum absolute atomic E-state index is 0.425. The Morgan fingerprint density at radius 2 is 1.95 bits per heavy atom. The number of halogens is 1. The molecule has 0 amide bonds. The zero-order valence-electron chi connectivity index (χ0n) is 11.2. The zero-order chi connectivity index (χ0) is 13.8. The molecule has 0 atom stereocenters. The van der Waals surface area contributed by atoms with Crippen LogP contribution in [0, 0.1) is 0 Å². The van der Waals surface area contributed by atoms with Crippen molar-refractivity contribution in [3.05, 3.63) is 58.6 Å². The summed E-state index contributed by atoms with van der Waals surface area (Å²) >= 11 is 5.95. The largest absolute Gasteiger partial charge is 0.489 e. The fourth-order valence-corrected chi connectivity index (χ4v) is 2.02. The Balaban J connectivity index is 2.10. The van der Waals surface area contributed by atoms with Crippen LogP contribution >= 0.6 is 11.6 Å². The van der Waals surface area contributed by atoms with Gasteiger partial charge >= 0.3 is 0 Å². The van der Waals surface area contributed by atoms with Crippen molar-refractivity contribution >= 4 is 17.3 Å². The summed E-state index contributed by atoms with van der Waals surface area (Å²) in [7, 11) is 0. The SMILES string of the molecule is CC(C)c1cccc(OCc2cc(Cl)ccc2N)c1. The topological polar surface area (TPSA) is 35.2 Å². The maximum absolute atomic E-state index is 5.95. The predicted octanol–water partition coefficient (Wildman–Crippen LogP) is 4.62. The van der Waals surface area contributed by atoms with E-state index in [1.54, 1.807) is 12.1 Å². The predicted molar refractivity (Wildman–Crippen MR) is 80.7 cm³/mol. The molecule has 2 aromatic carbocycles. The van der Waals surface area contributed by atoms with Crippen LogP contribution in [-0.4, -0.2) is 0 Å². The highest BCUT2D eigenvalue weighted by Crippen LogP contribution is 2.23. The number of rotatable bonds is 4. The first-order valence-corrected chi connectivity index (χ1v) is 6.70. The molecule has 0 spiro atoms. The molecule has 0 unspecified atom stereocenters. The maximum Gasteiger partial charge on any atom is 0.120 e. The lowest BCUT2D eigenvalue weighted by Gasteiger charge is -2.11. The monoisotopic (exact) mass is 275 g/mol. The van der Waals surface area contributed by atoms with Gasteiger partial charge in [-0.25, -0.2) is 0 Å². The first-order chi connectivity index (χ1) is 9.06. The van der Waals surface area contributed by atoms with Crippen LogP contribution in [0.1, 0.15) is 30.9 Å². The molecule has 0 aliphatic rings. The number of ether oxygens (including phenoxy) is 1. The number of anilines is 1. The molecule has 0 aromatic heterocycles. The molecule has 0 fully saturated rings. The number of hydrogen-bond acceptors (Lipinski definition) is 2. The maximum atomic E-state index is 5.95. The molecule has 2 N–H and O–H groups in total. The molecule has 0 heterocycles. The summed E-state index contributed by atoms with van der Waals surface area (Å²) < 4.78 is 5.78. The molecule has 2 aromatic rings. The minimum atomic E-state index is 0.425. The van der Waals surface area contributed by atoms with Crippen LogP contribution in [0.15, 0.2) is 42.5 Å². The van der Waals surface area contributed by atoms with E-state index in [1.165, 1.54) is 5.56 Å². The number of benzene rings is 2. The molecule has 0 saturated carbocycles. The van der Waals surface area contributed by atoms with Gasteiger partial charge in [0.1, 0.15) is 12.4 Å². The molecule has 2 rings (SSSR count). The number of nitrogen functional groups attached to an aromatic ring is 1. The van der Waals surface area contributed by atoms with E-state index >= 15 is 0 Å². The van der Waals surface area contributed by atoms with Crippen molar-refractivity contribution in [2.45, 2.75) is 26.4 Å². The van der Waals surface area contributed by atoms with Crippen molar-refractivity contribution in [1.29, 1.82) is 0 Å². The first-order valence-electron chi connectivity index (χ1n) is 6.33. The van der Waals surface area contributed by atoms with Gasteiger partial charge in [-0.3, -0.25) is 0 Å². The van der Waals surface area contributed by atoms with Gasteiger partial charge in [0.2, 0.25) is 0 Å². The third kappa shape index (κ3) is 3.65. The van der Waals surface area contributed by atoms with Crippen molar-refractivity contribution in [3.8, 4) is 5.75 Å². The fraction of sp³-hybridized carbons (Fsp3) is 0.250. The molecule has 3 heteroatoms. The van der Waals surface area contributed by atoms with E-state index in [4.69, 9.17) is 22.1 Å². The third-order valence-electron chi connectivity index (χ3n) is 3.02. The van der Waals surface area contributed by atoms with Gasteiger partial charge < -0.3 is 10.5 Å². The summed E-state index contributed by atoms with van der Waals surface area (Å²) in [6.45, 7) is 4.75. The van der Waals surface area contributed by atoms with Crippen molar-refractivity contribution in [1.82, 2.24) is 0 Å². The van der Waals surface area contributed by atoms with Gasteiger partial charge in [-0.15, -0.1) is 0 Å². The van der Waals surface area contributed by atoms with Gasteiger partial charge in [0, 0.05) is 16.3 Å². The molecule has 0 aliphatic heterocycles. The molecule has 2 nitrogen and oxygen atoms in total. The molecule has 0 aliphatic carbocycles. The lowest BCUT2D eigenvalue weighted by Crippen LogP contribution is -2.00. The quantitative estimate of drug-likeness (QED) is 0.826. The van der Waals surface area contributed by atoms with Gasteiger partial charge in [0.05, 0.1) is 0 Å². The Morgan fingerprint density at radius 3 is 2.68 bits per heavy atom. The van der Waals surface area contributed by atoms with Gasteiger partial charge in [0.15, 0.2) is 0 Å². The standard InChI is InChI=1S/C16H18ClNO/c1-11(2)12-4-3-5-15(9-12)19-10-13-8-14(17)6-7-16(13)18/h3-9,11H,10,18H2,1-2H3. The second-order valence-electron chi connectivity index (χ2n) is 4.86. The van der Waals surface area contributed by atoms with Crippen LogP contribution in [0.5, 0.6) is 5.75 Å². The second-order valence-corrected chi connectivity index (χ2v) is 5.30. The molecular weight excluding hydrogens is 258 g/mol. The second kappa shape index (κ2) is 5.98. The van der Waals surface area contributed by atoms with Crippen molar-refractivity contribution < 1.29 is 4.74 Å². The number of hydrogen-bond donors (Lipinski definition) is 1. The molecule has 19 heavy (non-hydrogen) atoms. The Labute approximate surface area is 119 Å². The van der Waals surface area contributed by atoms with Gasteiger partial charge in [-0.1, -0.05) is 37.6 Å². The Kier molecular flexibility index (Phi) is 4.33. The number of nitrogens with two attached hydrogens (primary N) is 1. The third-order valence-corrected chi connectivity index (χ3v) is 3.26. The molecule has 0 radical (unpaired) electrons. The zero-order valence-corrected chi connectivity index (χ0v) is 11.9. The van der Waals surface area contributed by atoms with E-state index in [9.17, 15) is 0 Å². The highest BCUT2D eigenvalue weighted by molar-refractivity contribution is 6.30. The summed E-state index contributed by atoms with van der Waals surface area (Å²) in [5.74, 6) is 1.34. The average molecular weight is 276 g/mol. The molecule has 0 saturated heterocycles. The Hall–Kier alpha value is -1.67. The van der Waals surface area contributed by atoms with E-state index in [-0.39, 0.29) is 0 Å². The summed E-state index contributed by atoms with van der Waals surface area (Å²) in [5.41, 5.74) is 8.76. The first kappa shape index (κ1) is 13.8. The van der Waals surface area contributed by atoms with Crippen LogP contribution in [0.25, 0.3) is 0 Å². The Morgan fingerprint density at radius 1 is 1.16 bits per heavy atom. The summed E-state index contributed by atoms with van der Waals surface area (Å²) in [6.07, 6.45) is 0. The molecule has 0 bridgehead atoms. The summed E-state index contributed by atoms with van der Waals surface area (Å²) in [4.78, 5) is 0. The van der Waals surface area contributed by atoms with Gasteiger partial charge in [-0.2, -0.15) is 0 Å². The van der Waals surface area contributed by atoms with E-state index in [0.717, 1.165) is 11.3 Å². The van der Waals surface area contributed by atoms with Crippen molar-refractivity contribution in [2.24, 2.45) is 0 Å². The van der Waals surface area contributed by atoms with Crippen LogP contribution in [0.4, 0.5) is 5.69 Å². The molecule has 100 valence electrons. The van der Waals surface area contributed by atoms with Crippen molar-refractivity contribution in [2.75, 3.05) is 5.73 Å². The van der Waals surface area contributed by atoms with Crippen LogP contribution in [-0.2, 0) is 6.61 Å². The van der Waals surface area contributed by atoms with Crippen molar-refractivity contribution in [3.63, 3.8) is 0 Å². The molecular formula is C16H18ClNO. The van der Waals surface area contributed by atoms with E-state index in [2.05, 4.69) is 26.0 Å². The van der Waals surface area contributed by atoms with Crippen LogP contribution in [0.2, 0.25) is 5.02 Å². The van der Waals surface area contributed by atoms with E-state index in [0.29, 0.717) is 23.2 Å². The fourth-order valence-electron chi connectivity index (χ4n) is 1.82. The van der Waals surface area contributed by atoms with Gasteiger partial charge in [0.25, 0.3) is 0 Å². The van der Waals surface area contributed by atoms with Crippen LogP contribution < -0.4 is 10.5 Å². The average Bonchev–Trinajstić information content (AvgIpc) is 2.40. The smallest absolute Gasteiger partial charge is 0.120 e. The highest BCUT2D eigenvalue weighted by Gasteiger charge is 2.04. The van der Waals surface area contributed by atoms with E-state index < -0.39 is 0 Å².